The minimum atomic E-state index is -1.05. The van der Waals surface area contributed by atoms with Crippen LogP contribution in [0, 0.1) is 11.3 Å². The summed E-state index contributed by atoms with van der Waals surface area (Å²) in [7, 11) is 1.44. The van der Waals surface area contributed by atoms with Crippen molar-refractivity contribution in [1.82, 2.24) is 9.66 Å². The number of carboxylic acid groups (broad SMARTS) is 1. The molecule has 0 unspecified atom stereocenters. The molecule has 0 aliphatic heterocycles. The first kappa shape index (κ1) is 17.0. The molecular weight excluding hydrogens is 332 g/mol. The van der Waals surface area contributed by atoms with E-state index in [0.29, 0.717) is 17.9 Å². The smallest absolute Gasteiger partial charge is 0.339 e. The molecule has 0 spiro atoms. The second kappa shape index (κ2) is 7.40. The van der Waals surface area contributed by atoms with Gasteiger partial charge in [-0.3, -0.25) is 5.01 Å². The van der Waals surface area contributed by atoms with Crippen molar-refractivity contribution in [2.45, 2.75) is 6.54 Å². The van der Waals surface area contributed by atoms with Crippen LogP contribution in [0.2, 0.25) is 0 Å². The summed E-state index contributed by atoms with van der Waals surface area (Å²) in [6.07, 6.45) is 5.10. The maximum absolute atomic E-state index is 11.4. The minimum Gasteiger partial charge on any atom is -0.496 e. The molecule has 0 saturated heterocycles. The Balaban J connectivity index is 1.97. The number of aromatic nitrogens is 2. The van der Waals surface area contributed by atoms with Crippen molar-refractivity contribution in [2.75, 3.05) is 12.1 Å². The molecule has 3 aromatic rings. The van der Waals surface area contributed by atoms with Crippen LogP contribution in [0.15, 0.2) is 61.2 Å². The zero-order chi connectivity index (χ0) is 18.5. The van der Waals surface area contributed by atoms with Crippen molar-refractivity contribution < 1.29 is 14.6 Å². The highest BCUT2D eigenvalue weighted by molar-refractivity contribution is 5.91. The highest BCUT2D eigenvalue weighted by Gasteiger charge is 2.15. The van der Waals surface area contributed by atoms with Crippen LogP contribution < -0.4 is 9.75 Å². The van der Waals surface area contributed by atoms with Gasteiger partial charge in [-0.1, -0.05) is 6.07 Å². The van der Waals surface area contributed by atoms with E-state index in [1.165, 1.54) is 7.11 Å². The average molecular weight is 348 g/mol. The second-order valence-electron chi connectivity index (χ2n) is 5.50. The molecule has 130 valence electrons. The Morgan fingerprint density at radius 2 is 2.08 bits per heavy atom. The fourth-order valence-electron chi connectivity index (χ4n) is 2.60. The van der Waals surface area contributed by atoms with Crippen LogP contribution in [0.1, 0.15) is 21.5 Å². The van der Waals surface area contributed by atoms with Gasteiger partial charge in [0.1, 0.15) is 17.6 Å². The third kappa shape index (κ3) is 3.49. The summed E-state index contributed by atoms with van der Waals surface area (Å²) in [5.41, 5.74) is 2.31. The van der Waals surface area contributed by atoms with Crippen molar-refractivity contribution in [2.24, 2.45) is 0 Å². The summed E-state index contributed by atoms with van der Waals surface area (Å²) in [5, 5.41) is 20.3. The molecule has 1 aromatic heterocycles. The number of benzene rings is 2. The Morgan fingerprint density at radius 3 is 2.65 bits per heavy atom. The molecule has 3 rings (SSSR count). The van der Waals surface area contributed by atoms with Crippen LogP contribution in [-0.2, 0) is 6.54 Å². The summed E-state index contributed by atoms with van der Waals surface area (Å²) >= 11 is 0. The van der Waals surface area contributed by atoms with Crippen molar-refractivity contribution in [3.05, 3.63) is 77.9 Å². The van der Waals surface area contributed by atoms with Crippen LogP contribution in [0.25, 0.3) is 0 Å². The topological polar surface area (TPSA) is 91.4 Å². The van der Waals surface area contributed by atoms with Crippen molar-refractivity contribution in [3.8, 4) is 11.8 Å². The van der Waals surface area contributed by atoms with Gasteiger partial charge in [-0.05, 0) is 42.0 Å². The van der Waals surface area contributed by atoms with E-state index in [0.717, 1.165) is 11.3 Å². The highest BCUT2D eigenvalue weighted by Crippen LogP contribution is 2.23. The normalized spacial score (nSPS) is 10.2. The minimum absolute atomic E-state index is 0.107. The molecule has 7 nitrogen and oxygen atoms in total. The summed E-state index contributed by atoms with van der Waals surface area (Å²) in [5.74, 6) is -0.731. The number of nitrogens with zero attached hydrogens (tertiary/aromatic N) is 4. The van der Waals surface area contributed by atoms with Crippen molar-refractivity contribution in [3.63, 3.8) is 0 Å². The lowest BCUT2D eigenvalue weighted by Crippen LogP contribution is -2.27. The maximum Gasteiger partial charge on any atom is 0.339 e. The number of carboxylic acids is 1. The summed E-state index contributed by atoms with van der Waals surface area (Å²) < 4.78 is 6.91. The Kier molecular flexibility index (Phi) is 4.85. The molecule has 26 heavy (non-hydrogen) atoms. The standard InChI is InChI=1S/C19H16N4O3/c1-26-18-7-4-15(10-17(18)19(24)25)12-23(22-9-8-21-13-22)16-5-2-14(11-20)3-6-16/h2-10,13H,12H2,1H3,(H,24,25). The van der Waals surface area contributed by atoms with Gasteiger partial charge in [-0.2, -0.15) is 5.26 Å². The Hall–Kier alpha value is -3.79. The molecule has 1 heterocycles. The molecular formula is C19H16N4O3. The number of methoxy groups -OCH3 is 1. The van der Waals surface area contributed by atoms with E-state index in [2.05, 4.69) is 11.1 Å². The van der Waals surface area contributed by atoms with E-state index >= 15 is 0 Å². The Bertz CT molecular complexity index is 944. The largest absolute Gasteiger partial charge is 0.496 e. The molecule has 1 N–H and O–H groups in total. The fraction of sp³-hybridized carbons (Fsp3) is 0.105. The lowest BCUT2D eigenvalue weighted by atomic mass is 10.1. The number of ether oxygens (including phenoxy) is 1. The first-order chi connectivity index (χ1) is 12.6. The van der Waals surface area contributed by atoms with E-state index in [4.69, 9.17) is 10.00 Å². The van der Waals surface area contributed by atoms with E-state index in [1.807, 2.05) is 23.2 Å². The molecule has 0 bridgehead atoms. The predicted octanol–water partition coefficient (Wildman–Crippen LogP) is 2.93. The van der Waals surface area contributed by atoms with Crippen LogP contribution in [0.4, 0.5) is 5.69 Å². The van der Waals surface area contributed by atoms with E-state index in [-0.39, 0.29) is 5.56 Å². The van der Waals surface area contributed by atoms with Gasteiger partial charge in [0, 0.05) is 12.4 Å². The van der Waals surface area contributed by atoms with Gasteiger partial charge in [0.15, 0.2) is 0 Å². The van der Waals surface area contributed by atoms with Crippen LogP contribution in [-0.4, -0.2) is 27.8 Å². The quantitative estimate of drug-likeness (QED) is 0.736. The summed E-state index contributed by atoms with van der Waals surface area (Å²) in [6.45, 7) is 0.409. The molecule has 0 saturated carbocycles. The number of aromatic carboxylic acids is 1. The zero-order valence-corrected chi connectivity index (χ0v) is 14.0. The van der Waals surface area contributed by atoms with Gasteiger partial charge in [0.05, 0.1) is 31.0 Å². The summed E-state index contributed by atoms with van der Waals surface area (Å²) in [6, 6.07) is 14.3. The van der Waals surface area contributed by atoms with Crippen LogP contribution in [0.3, 0.4) is 0 Å². The second-order valence-corrected chi connectivity index (χ2v) is 5.50. The Labute approximate surface area is 150 Å². The predicted molar refractivity (Wildman–Crippen MR) is 94.9 cm³/mol. The monoisotopic (exact) mass is 348 g/mol. The molecule has 0 aliphatic carbocycles. The van der Waals surface area contributed by atoms with Crippen LogP contribution >= 0.6 is 0 Å². The number of anilines is 1. The Morgan fingerprint density at radius 1 is 1.31 bits per heavy atom. The third-order valence-electron chi connectivity index (χ3n) is 3.89. The number of imidazole rings is 1. The number of nitriles is 1. The van der Waals surface area contributed by atoms with Gasteiger partial charge in [0.25, 0.3) is 0 Å². The van der Waals surface area contributed by atoms with Gasteiger partial charge in [0.2, 0.25) is 0 Å². The van der Waals surface area contributed by atoms with Crippen molar-refractivity contribution in [1.29, 1.82) is 5.26 Å². The molecule has 2 aromatic carbocycles. The first-order valence-electron chi connectivity index (χ1n) is 7.78. The first-order valence-corrected chi connectivity index (χ1v) is 7.78. The molecule has 0 radical (unpaired) electrons. The number of hydrogen-bond donors (Lipinski definition) is 1. The fourth-order valence-corrected chi connectivity index (χ4v) is 2.60. The zero-order valence-electron chi connectivity index (χ0n) is 14.0. The number of carbonyl (C=O) groups is 1. The lowest BCUT2D eigenvalue weighted by molar-refractivity contribution is 0.0693. The number of rotatable bonds is 6. The highest BCUT2D eigenvalue weighted by atomic mass is 16.5. The molecule has 0 amide bonds. The van der Waals surface area contributed by atoms with Gasteiger partial charge in [-0.15, -0.1) is 0 Å². The number of hydrogen-bond acceptors (Lipinski definition) is 5. The van der Waals surface area contributed by atoms with E-state index in [1.54, 1.807) is 47.7 Å². The molecule has 0 atom stereocenters. The SMILES string of the molecule is COc1ccc(CN(c2ccc(C#N)cc2)n2ccnc2)cc1C(=O)O. The van der Waals surface area contributed by atoms with E-state index in [9.17, 15) is 9.90 Å². The molecule has 7 heteroatoms. The van der Waals surface area contributed by atoms with E-state index < -0.39 is 5.97 Å². The van der Waals surface area contributed by atoms with Gasteiger partial charge < -0.3 is 9.84 Å². The third-order valence-corrected chi connectivity index (χ3v) is 3.89. The van der Waals surface area contributed by atoms with Crippen molar-refractivity contribution >= 4 is 11.7 Å². The summed E-state index contributed by atoms with van der Waals surface area (Å²) in [4.78, 5) is 15.5. The maximum atomic E-state index is 11.4. The van der Waals surface area contributed by atoms with Gasteiger partial charge >= 0.3 is 5.97 Å². The molecule has 0 fully saturated rings. The molecule has 0 aliphatic rings. The average Bonchev–Trinajstić information content (AvgIpc) is 3.20. The van der Waals surface area contributed by atoms with Crippen LogP contribution in [0.5, 0.6) is 5.75 Å². The lowest BCUT2D eigenvalue weighted by Gasteiger charge is -2.26. The van der Waals surface area contributed by atoms with Gasteiger partial charge in [-0.25, -0.2) is 14.5 Å².